The van der Waals surface area contributed by atoms with E-state index < -0.39 is 0 Å². The standard InChI is InChI=1S/C15H24OS/c1-4-7-9-15(6-3)10-8-12(5-2)11-13(15)14(16)17/h8,10-11,13H,4-7,9H2,1-3H3,(H,16,17)/p-1. The summed E-state index contributed by atoms with van der Waals surface area (Å²) < 4.78 is 0. The number of carbonyl (C=O) groups is 1. The molecule has 0 aromatic heterocycles. The summed E-state index contributed by atoms with van der Waals surface area (Å²) in [6, 6.07) is 0. The van der Waals surface area contributed by atoms with Gasteiger partial charge >= 0.3 is 0 Å². The van der Waals surface area contributed by atoms with Crippen LogP contribution in [0.5, 0.6) is 0 Å². The first-order chi connectivity index (χ1) is 8.09. The maximum Gasteiger partial charge on any atom is 0.0234 e. The van der Waals surface area contributed by atoms with Crippen molar-refractivity contribution in [1.82, 2.24) is 0 Å². The monoisotopic (exact) mass is 251 g/mol. The Morgan fingerprint density at radius 3 is 2.59 bits per heavy atom. The number of rotatable bonds is 6. The van der Waals surface area contributed by atoms with E-state index in [1.807, 2.05) is 0 Å². The van der Waals surface area contributed by atoms with Gasteiger partial charge in [-0.3, -0.25) is 0 Å². The molecule has 2 atom stereocenters. The van der Waals surface area contributed by atoms with E-state index in [2.05, 4.69) is 39.0 Å². The Morgan fingerprint density at radius 1 is 1.41 bits per heavy atom. The van der Waals surface area contributed by atoms with Crippen LogP contribution in [0.3, 0.4) is 0 Å². The third-order valence-corrected chi connectivity index (χ3v) is 4.20. The molecule has 0 radical (unpaired) electrons. The van der Waals surface area contributed by atoms with Gasteiger partial charge in [-0.05, 0) is 24.7 Å². The quantitative estimate of drug-likeness (QED) is 0.659. The zero-order valence-electron chi connectivity index (χ0n) is 11.2. The lowest BCUT2D eigenvalue weighted by molar-refractivity contribution is -0.115. The Morgan fingerprint density at radius 2 is 2.12 bits per heavy atom. The first-order valence-corrected chi connectivity index (χ1v) is 7.11. The predicted octanol–water partition coefficient (Wildman–Crippen LogP) is 4.17. The van der Waals surface area contributed by atoms with Crippen LogP contribution in [0.15, 0.2) is 23.8 Å². The largest absolute Gasteiger partial charge is 0.741 e. The molecule has 0 aromatic rings. The van der Waals surface area contributed by atoms with Gasteiger partial charge in [-0.15, -0.1) is 0 Å². The summed E-state index contributed by atoms with van der Waals surface area (Å²) in [6.07, 6.45) is 11.9. The van der Waals surface area contributed by atoms with Gasteiger partial charge in [0.1, 0.15) is 0 Å². The van der Waals surface area contributed by atoms with Crippen molar-refractivity contribution in [2.45, 2.75) is 52.9 Å². The number of allylic oxidation sites excluding steroid dienone is 4. The van der Waals surface area contributed by atoms with Gasteiger partial charge < -0.3 is 17.4 Å². The van der Waals surface area contributed by atoms with Crippen LogP contribution in [0.4, 0.5) is 0 Å². The molecule has 1 aliphatic rings. The normalized spacial score (nSPS) is 27.9. The van der Waals surface area contributed by atoms with Crippen LogP contribution in [-0.2, 0) is 17.4 Å². The zero-order chi connectivity index (χ0) is 12.9. The van der Waals surface area contributed by atoms with Crippen molar-refractivity contribution in [1.29, 1.82) is 0 Å². The highest BCUT2D eigenvalue weighted by molar-refractivity contribution is 7.77. The lowest BCUT2D eigenvalue weighted by atomic mass is 9.67. The fourth-order valence-corrected chi connectivity index (χ4v) is 2.91. The number of carbonyl (C=O) groups excluding carboxylic acids is 1. The van der Waals surface area contributed by atoms with Gasteiger partial charge in [0.2, 0.25) is 0 Å². The molecule has 1 nitrogen and oxygen atoms in total. The van der Waals surface area contributed by atoms with Crippen LogP contribution in [0.2, 0.25) is 0 Å². The number of hydrogen-bond acceptors (Lipinski definition) is 2. The summed E-state index contributed by atoms with van der Waals surface area (Å²) in [5, 5.41) is -0.0988. The minimum absolute atomic E-state index is 0.0203. The molecule has 0 bridgehead atoms. The van der Waals surface area contributed by atoms with Crippen molar-refractivity contribution >= 4 is 17.7 Å². The molecule has 0 saturated heterocycles. The van der Waals surface area contributed by atoms with Crippen molar-refractivity contribution in [3.05, 3.63) is 23.8 Å². The second kappa shape index (κ2) is 6.34. The summed E-state index contributed by atoms with van der Waals surface area (Å²) in [7, 11) is 0. The first-order valence-electron chi connectivity index (χ1n) is 6.70. The summed E-state index contributed by atoms with van der Waals surface area (Å²) in [5.41, 5.74) is 1.22. The van der Waals surface area contributed by atoms with Crippen molar-refractivity contribution < 1.29 is 4.79 Å². The maximum atomic E-state index is 11.7. The lowest BCUT2D eigenvalue weighted by Crippen LogP contribution is -2.34. The molecule has 0 amide bonds. The molecular weight excluding hydrogens is 228 g/mol. The van der Waals surface area contributed by atoms with Crippen LogP contribution >= 0.6 is 0 Å². The lowest BCUT2D eigenvalue weighted by Gasteiger charge is -2.40. The SMILES string of the molecule is CCCCC1(CC)C=CC(CC)=CC1C(=O)[S-]. The van der Waals surface area contributed by atoms with Gasteiger partial charge in [-0.2, -0.15) is 0 Å². The smallest absolute Gasteiger partial charge is 0.0234 e. The predicted molar refractivity (Wildman–Crippen MR) is 75.6 cm³/mol. The van der Waals surface area contributed by atoms with Gasteiger partial charge in [0.25, 0.3) is 0 Å². The Labute approximate surface area is 111 Å². The summed E-state index contributed by atoms with van der Waals surface area (Å²) >= 11 is 4.95. The topological polar surface area (TPSA) is 17.1 Å². The average molecular weight is 251 g/mol. The molecule has 0 heterocycles. The van der Waals surface area contributed by atoms with Crippen molar-refractivity contribution in [3.8, 4) is 0 Å². The van der Waals surface area contributed by atoms with Crippen LogP contribution in [0.1, 0.15) is 52.9 Å². The molecule has 2 heteroatoms. The van der Waals surface area contributed by atoms with E-state index in [4.69, 9.17) is 12.6 Å². The van der Waals surface area contributed by atoms with Crippen LogP contribution in [0.25, 0.3) is 0 Å². The molecule has 0 aromatic carbocycles. The Kier molecular flexibility index (Phi) is 5.38. The highest BCUT2D eigenvalue weighted by atomic mass is 32.1. The van der Waals surface area contributed by atoms with E-state index in [-0.39, 0.29) is 16.4 Å². The van der Waals surface area contributed by atoms with Gasteiger partial charge in [0.05, 0.1) is 0 Å². The molecule has 1 aliphatic carbocycles. The van der Waals surface area contributed by atoms with Crippen molar-refractivity contribution in [2.75, 3.05) is 0 Å². The summed E-state index contributed by atoms with van der Waals surface area (Å²) in [5.74, 6) is -0.0889. The average Bonchev–Trinajstić information content (AvgIpc) is 2.36. The van der Waals surface area contributed by atoms with E-state index in [0.29, 0.717) is 0 Å². The minimum atomic E-state index is -0.0988. The Bertz CT molecular complexity index is 330. The molecule has 1 rings (SSSR count). The van der Waals surface area contributed by atoms with E-state index in [1.165, 1.54) is 5.57 Å². The van der Waals surface area contributed by atoms with Gasteiger partial charge in [0, 0.05) is 11.0 Å². The summed E-state index contributed by atoms with van der Waals surface area (Å²) in [4.78, 5) is 11.7. The molecule has 0 fully saturated rings. The fraction of sp³-hybridized carbons (Fsp3) is 0.667. The molecule has 0 spiro atoms. The fourth-order valence-electron chi connectivity index (χ4n) is 2.61. The highest BCUT2D eigenvalue weighted by Crippen LogP contribution is 2.43. The molecular formula is C15H23OS-. The molecule has 2 unspecified atom stereocenters. The third kappa shape index (κ3) is 3.19. The van der Waals surface area contributed by atoms with E-state index in [0.717, 1.165) is 32.1 Å². The van der Waals surface area contributed by atoms with E-state index in [9.17, 15) is 4.79 Å². The molecule has 17 heavy (non-hydrogen) atoms. The highest BCUT2D eigenvalue weighted by Gasteiger charge is 2.35. The third-order valence-electron chi connectivity index (χ3n) is 3.95. The van der Waals surface area contributed by atoms with Gasteiger partial charge in [-0.1, -0.05) is 57.4 Å². The molecule has 0 N–H and O–H groups in total. The summed E-state index contributed by atoms with van der Waals surface area (Å²) in [6.45, 7) is 6.47. The van der Waals surface area contributed by atoms with E-state index in [1.54, 1.807) is 0 Å². The van der Waals surface area contributed by atoms with Gasteiger partial charge in [-0.25, -0.2) is 0 Å². The van der Waals surface area contributed by atoms with Crippen molar-refractivity contribution in [3.63, 3.8) is 0 Å². The van der Waals surface area contributed by atoms with Crippen LogP contribution < -0.4 is 0 Å². The molecule has 96 valence electrons. The Hall–Kier alpha value is -0.630. The van der Waals surface area contributed by atoms with E-state index >= 15 is 0 Å². The van der Waals surface area contributed by atoms with Crippen LogP contribution in [-0.4, -0.2) is 5.12 Å². The maximum absolute atomic E-state index is 11.7. The molecule has 0 aliphatic heterocycles. The Balaban J connectivity index is 2.99. The molecule has 0 saturated carbocycles. The van der Waals surface area contributed by atoms with Crippen LogP contribution in [0, 0.1) is 11.3 Å². The van der Waals surface area contributed by atoms with Crippen molar-refractivity contribution in [2.24, 2.45) is 11.3 Å². The minimum Gasteiger partial charge on any atom is -0.741 e. The number of unbranched alkanes of at least 4 members (excludes halogenated alkanes) is 1. The number of hydrogen-bond donors (Lipinski definition) is 0. The van der Waals surface area contributed by atoms with Gasteiger partial charge in [0.15, 0.2) is 0 Å². The second-order valence-electron chi connectivity index (χ2n) is 4.92. The first kappa shape index (κ1) is 14.4. The second-order valence-corrected chi connectivity index (χ2v) is 5.32. The zero-order valence-corrected chi connectivity index (χ0v) is 12.0.